The van der Waals surface area contributed by atoms with Gasteiger partial charge in [-0.25, -0.2) is 14.8 Å². The summed E-state index contributed by atoms with van der Waals surface area (Å²) in [4.78, 5) is 18.6. The summed E-state index contributed by atoms with van der Waals surface area (Å²) in [6, 6.07) is 0. The third-order valence-corrected chi connectivity index (χ3v) is 1.92. The Balaban J connectivity index is 2.46. The number of carboxylic acid groups (broad SMARTS) is 1. The number of imidazole rings is 1. The zero-order chi connectivity index (χ0) is 11.0. The Morgan fingerprint density at radius 2 is 2.33 bits per heavy atom. The number of carboxylic acids is 1. The van der Waals surface area contributed by atoms with Crippen LogP contribution in [-0.4, -0.2) is 25.6 Å². The predicted molar refractivity (Wildman–Crippen MR) is 50.4 cm³/mol. The topological polar surface area (TPSA) is 81.2 Å². The van der Waals surface area contributed by atoms with Gasteiger partial charge in [0.25, 0.3) is 0 Å². The van der Waals surface area contributed by atoms with Crippen LogP contribution in [0.3, 0.4) is 0 Å². The maximum atomic E-state index is 10.7. The van der Waals surface area contributed by atoms with Crippen molar-refractivity contribution in [1.29, 1.82) is 0 Å². The number of nitrogens with zero attached hydrogens (tertiary/aromatic N) is 3. The van der Waals surface area contributed by atoms with Gasteiger partial charge in [-0.3, -0.25) is 0 Å². The van der Waals surface area contributed by atoms with Gasteiger partial charge in [-0.05, 0) is 6.92 Å². The van der Waals surface area contributed by atoms with Crippen LogP contribution >= 0.6 is 0 Å². The molecule has 0 saturated carbocycles. The van der Waals surface area contributed by atoms with Crippen molar-refractivity contribution >= 4 is 5.97 Å². The standard InChI is InChI=1S/C9H9N3O3/c1-5-7(9(13)14)11-8(15-5)6-3-12(2)4-10-6/h3-4H,1-2H3,(H,13,14). The van der Waals surface area contributed by atoms with E-state index >= 15 is 0 Å². The van der Waals surface area contributed by atoms with Crippen LogP contribution in [0.1, 0.15) is 16.2 Å². The Hall–Kier alpha value is -2.11. The molecule has 6 heteroatoms. The zero-order valence-corrected chi connectivity index (χ0v) is 8.26. The van der Waals surface area contributed by atoms with Gasteiger partial charge in [0.2, 0.25) is 5.89 Å². The molecule has 1 N–H and O–H groups in total. The van der Waals surface area contributed by atoms with Gasteiger partial charge in [0.05, 0.1) is 6.33 Å². The molecule has 0 spiro atoms. The van der Waals surface area contributed by atoms with Crippen LogP contribution in [0.5, 0.6) is 0 Å². The van der Waals surface area contributed by atoms with Gasteiger partial charge in [-0.1, -0.05) is 0 Å². The van der Waals surface area contributed by atoms with Crippen LogP contribution in [-0.2, 0) is 7.05 Å². The lowest BCUT2D eigenvalue weighted by Gasteiger charge is -1.85. The molecule has 2 aromatic rings. The lowest BCUT2D eigenvalue weighted by Crippen LogP contribution is -1.98. The van der Waals surface area contributed by atoms with Crippen LogP contribution in [0.4, 0.5) is 0 Å². The summed E-state index contributed by atoms with van der Waals surface area (Å²) in [5, 5.41) is 8.78. The fourth-order valence-electron chi connectivity index (χ4n) is 1.23. The summed E-state index contributed by atoms with van der Waals surface area (Å²) in [5.41, 5.74) is 0.448. The molecule has 0 aliphatic heterocycles. The largest absolute Gasteiger partial charge is 0.476 e. The first-order valence-corrected chi connectivity index (χ1v) is 4.27. The molecule has 2 heterocycles. The van der Waals surface area contributed by atoms with Crippen LogP contribution in [0.2, 0.25) is 0 Å². The van der Waals surface area contributed by atoms with Gasteiger partial charge in [0, 0.05) is 13.2 Å². The van der Waals surface area contributed by atoms with Crippen LogP contribution in [0.15, 0.2) is 16.9 Å². The predicted octanol–water partition coefficient (Wildman–Crippen LogP) is 1.08. The second kappa shape index (κ2) is 3.23. The molecule has 2 rings (SSSR count). The molecule has 0 aliphatic rings. The van der Waals surface area contributed by atoms with Gasteiger partial charge in [0.15, 0.2) is 5.69 Å². The minimum atomic E-state index is -1.10. The van der Waals surface area contributed by atoms with Gasteiger partial charge >= 0.3 is 5.97 Å². The van der Waals surface area contributed by atoms with Crippen molar-refractivity contribution in [1.82, 2.24) is 14.5 Å². The number of aromatic carboxylic acids is 1. The molecule has 6 nitrogen and oxygen atoms in total. The number of oxazole rings is 1. The van der Waals surface area contributed by atoms with E-state index < -0.39 is 5.97 Å². The number of aryl methyl sites for hydroxylation is 2. The quantitative estimate of drug-likeness (QED) is 0.796. The molecule has 0 bridgehead atoms. The molecule has 0 amide bonds. The van der Waals surface area contributed by atoms with Crippen LogP contribution in [0.25, 0.3) is 11.6 Å². The molecule has 2 aromatic heterocycles. The van der Waals surface area contributed by atoms with Gasteiger partial charge in [-0.15, -0.1) is 0 Å². The summed E-state index contributed by atoms with van der Waals surface area (Å²) < 4.78 is 6.94. The van der Waals surface area contributed by atoms with E-state index in [1.54, 1.807) is 24.0 Å². The molecule has 0 fully saturated rings. The van der Waals surface area contributed by atoms with Crippen molar-refractivity contribution in [3.8, 4) is 11.6 Å². The Bertz CT molecular complexity index is 512. The van der Waals surface area contributed by atoms with Crippen molar-refractivity contribution in [2.75, 3.05) is 0 Å². The van der Waals surface area contributed by atoms with Crippen LogP contribution < -0.4 is 0 Å². The SMILES string of the molecule is Cc1oc(-c2cn(C)cn2)nc1C(=O)O. The molecule has 0 radical (unpaired) electrons. The minimum absolute atomic E-state index is 0.0735. The molecule has 0 aromatic carbocycles. The molecule has 0 atom stereocenters. The first kappa shape index (κ1) is 9.45. The Kier molecular flexibility index (Phi) is 2.03. The number of rotatable bonds is 2. The summed E-state index contributed by atoms with van der Waals surface area (Å²) >= 11 is 0. The fraction of sp³-hybridized carbons (Fsp3) is 0.222. The van der Waals surface area contributed by atoms with E-state index in [1.165, 1.54) is 0 Å². The van der Waals surface area contributed by atoms with Gasteiger partial charge in [0.1, 0.15) is 11.5 Å². The highest BCUT2D eigenvalue weighted by Gasteiger charge is 2.17. The van der Waals surface area contributed by atoms with Crippen molar-refractivity contribution in [2.45, 2.75) is 6.92 Å². The molecule has 78 valence electrons. The fourth-order valence-corrected chi connectivity index (χ4v) is 1.23. The number of hydrogen-bond donors (Lipinski definition) is 1. The lowest BCUT2D eigenvalue weighted by molar-refractivity contribution is 0.0689. The second-order valence-electron chi connectivity index (χ2n) is 3.15. The zero-order valence-electron chi connectivity index (χ0n) is 8.26. The molecule has 0 saturated heterocycles. The van der Waals surface area contributed by atoms with Gasteiger partial charge in [-0.2, -0.15) is 0 Å². The first-order valence-electron chi connectivity index (χ1n) is 4.27. The highest BCUT2D eigenvalue weighted by molar-refractivity contribution is 5.86. The number of hydrogen-bond acceptors (Lipinski definition) is 4. The Morgan fingerprint density at radius 3 is 2.80 bits per heavy atom. The van der Waals surface area contributed by atoms with E-state index in [0.717, 1.165) is 0 Å². The third kappa shape index (κ3) is 1.61. The molecule has 15 heavy (non-hydrogen) atoms. The lowest BCUT2D eigenvalue weighted by atomic mass is 10.4. The smallest absolute Gasteiger partial charge is 0.358 e. The highest BCUT2D eigenvalue weighted by Crippen LogP contribution is 2.19. The summed E-state index contributed by atoms with van der Waals surface area (Å²) in [7, 11) is 1.81. The molecule has 0 unspecified atom stereocenters. The summed E-state index contributed by atoms with van der Waals surface area (Å²) in [6.07, 6.45) is 3.30. The second-order valence-corrected chi connectivity index (χ2v) is 3.15. The van der Waals surface area contributed by atoms with Crippen molar-refractivity contribution in [3.63, 3.8) is 0 Å². The van der Waals surface area contributed by atoms with E-state index in [2.05, 4.69) is 9.97 Å². The molecular formula is C9H9N3O3. The monoisotopic (exact) mass is 207 g/mol. The molecule has 0 aliphatic carbocycles. The minimum Gasteiger partial charge on any atom is -0.476 e. The first-order chi connectivity index (χ1) is 7.08. The van der Waals surface area contributed by atoms with Gasteiger partial charge < -0.3 is 14.1 Å². The maximum Gasteiger partial charge on any atom is 0.358 e. The highest BCUT2D eigenvalue weighted by atomic mass is 16.4. The average Bonchev–Trinajstić information content (AvgIpc) is 2.71. The number of carbonyl (C=O) groups is 1. The Labute approximate surface area is 85.2 Å². The van der Waals surface area contributed by atoms with E-state index in [-0.39, 0.29) is 17.3 Å². The Morgan fingerprint density at radius 1 is 1.60 bits per heavy atom. The van der Waals surface area contributed by atoms with E-state index in [4.69, 9.17) is 9.52 Å². The van der Waals surface area contributed by atoms with Crippen molar-refractivity contribution < 1.29 is 14.3 Å². The van der Waals surface area contributed by atoms with Crippen molar-refractivity contribution in [3.05, 3.63) is 24.0 Å². The number of aromatic nitrogens is 3. The molecular weight excluding hydrogens is 198 g/mol. The van der Waals surface area contributed by atoms with E-state index in [9.17, 15) is 4.79 Å². The maximum absolute atomic E-state index is 10.7. The van der Waals surface area contributed by atoms with E-state index in [0.29, 0.717) is 5.69 Å². The third-order valence-electron chi connectivity index (χ3n) is 1.92. The summed E-state index contributed by atoms with van der Waals surface area (Å²) in [5.74, 6) is -0.591. The van der Waals surface area contributed by atoms with Crippen LogP contribution in [0, 0.1) is 6.92 Å². The van der Waals surface area contributed by atoms with E-state index in [1.807, 2.05) is 7.05 Å². The normalized spacial score (nSPS) is 10.5. The van der Waals surface area contributed by atoms with Crippen molar-refractivity contribution in [2.24, 2.45) is 7.05 Å². The summed E-state index contributed by atoms with van der Waals surface area (Å²) in [6.45, 7) is 1.56. The average molecular weight is 207 g/mol.